The predicted octanol–water partition coefficient (Wildman–Crippen LogP) is 2.18. The summed E-state index contributed by atoms with van der Waals surface area (Å²) in [6.45, 7) is 0. The van der Waals surface area contributed by atoms with E-state index >= 15 is 0 Å². The lowest BCUT2D eigenvalue weighted by Crippen LogP contribution is -2.36. The fourth-order valence-corrected chi connectivity index (χ4v) is 2.47. The number of hydrogen-bond acceptors (Lipinski definition) is 3. The molecule has 4 nitrogen and oxygen atoms in total. The Balaban J connectivity index is 2.05. The maximum atomic E-state index is 12.0. The standard InChI is InChI=1S/C14H15ClN2O2/c15-10-6-4-9(5-7-10)12(8-16)17-14(19)11-2-1-3-13(11)18/h4-7,11-13,18H,1-3H2,(H,17,19). The highest BCUT2D eigenvalue weighted by Gasteiger charge is 2.32. The minimum absolute atomic E-state index is 0.258. The van der Waals surface area contributed by atoms with Crippen molar-refractivity contribution in [2.45, 2.75) is 31.4 Å². The van der Waals surface area contributed by atoms with Crippen LogP contribution in [0.5, 0.6) is 0 Å². The van der Waals surface area contributed by atoms with Crippen LogP contribution in [0.15, 0.2) is 24.3 Å². The molecule has 0 aromatic heterocycles. The quantitative estimate of drug-likeness (QED) is 0.890. The number of hydrogen-bond donors (Lipinski definition) is 2. The lowest BCUT2D eigenvalue weighted by atomic mass is 10.0. The molecule has 0 spiro atoms. The van der Waals surface area contributed by atoms with Crippen molar-refractivity contribution in [3.05, 3.63) is 34.9 Å². The van der Waals surface area contributed by atoms with E-state index in [-0.39, 0.29) is 5.91 Å². The van der Waals surface area contributed by atoms with E-state index in [0.29, 0.717) is 23.4 Å². The van der Waals surface area contributed by atoms with Gasteiger partial charge >= 0.3 is 0 Å². The fraction of sp³-hybridized carbons (Fsp3) is 0.429. The Morgan fingerprint density at radius 1 is 1.42 bits per heavy atom. The Kier molecular flexibility index (Phi) is 4.41. The van der Waals surface area contributed by atoms with Crippen molar-refractivity contribution in [2.24, 2.45) is 5.92 Å². The lowest BCUT2D eigenvalue weighted by molar-refractivity contribution is -0.127. The second kappa shape index (κ2) is 6.05. The van der Waals surface area contributed by atoms with E-state index < -0.39 is 18.1 Å². The zero-order chi connectivity index (χ0) is 13.8. The van der Waals surface area contributed by atoms with Crippen molar-refractivity contribution in [3.8, 4) is 6.07 Å². The van der Waals surface area contributed by atoms with Crippen molar-refractivity contribution in [1.29, 1.82) is 5.26 Å². The number of benzene rings is 1. The number of aliphatic hydroxyl groups excluding tert-OH is 1. The molecule has 1 saturated carbocycles. The minimum Gasteiger partial charge on any atom is -0.392 e. The molecule has 19 heavy (non-hydrogen) atoms. The average Bonchev–Trinajstić information content (AvgIpc) is 2.83. The van der Waals surface area contributed by atoms with Crippen LogP contribution in [0.25, 0.3) is 0 Å². The van der Waals surface area contributed by atoms with E-state index in [1.165, 1.54) is 0 Å². The van der Waals surface area contributed by atoms with Gasteiger partial charge in [0.05, 0.1) is 18.1 Å². The molecule has 1 fully saturated rings. The maximum absolute atomic E-state index is 12.0. The summed E-state index contributed by atoms with van der Waals surface area (Å²) in [7, 11) is 0. The van der Waals surface area contributed by atoms with Gasteiger partial charge in [0, 0.05) is 5.02 Å². The third kappa shape index (κ3) is 3.25. The van der Waals surface area contributed by atoms with Crippen LogP contribution < -0.4 is 5.32 Å². The van der Waals surface area contributed by atoms with Crippen LogP contribution in [0.1, 0.15) is 30.9 Å². The van der Waals surface area contributed by atoms with Crippen LogP contribution in [-0.2, 0) is 4.79 Å². The van der Waals surface area contributed by atoms with Crippen LogP contribution in [0.4, 0.5) is 0 Å². The second-order valence-corrected chi connectivity index (χ2v) is 5.16. The van der Waals surface area contributed by atoms with Crippen molar-refractivity contribution in [3.63, 3.8) is 0 Å². The summed E-state index contributed by atoms with van der Waals surface area (Å²) in [6.07, 6.45) is 1.57. The third-order valence-electron chi connectivity index (χ3n) is 3.44. The number of carbonyl (C=O) groups excluding carboxylic acids is 1. The number of rotatable bonds is 3. The maximum Gasteiger partial charge on any atom is 0.227 e. The number of halogens is 1. The molecule has 2 N–H and O–H groups in total. The van der Waals surface area contributed by atoms with Crippen molar-refractivity contribution < 1.29 is 9.90 Å². The molecule has 1 aromatic rings. The molecule has 1 aliphatic carbocycles. The zero-order valence-electron chi connectivity index (χ0n) is 10.3. The SMILES string of the molecule is N#CC(NC(=O)C1CCCC1O)c1ccc(Cl)cc1. The average molecular weight is 279 g/mol. The van der Waals surface area contributed by atoms with Gasteiger partial charge in [0.25, 0.3) is 0 Å². The molecule has 5 heteroatoms. The first-order valence-corrected chi connectivity index (χ1v) is 6.63. The van der Waals surface area contributed by atoms with Gasteiger partial charge in [-0.25, -0.2) is 0 Å². The van der Waals surface area contributed by atoms with E-state index in [1.807, 2.05) is 0 Å². The molecule has 0 bridgehead atoms. The Bertz CT molecular complexity index is 495. The van der Waals surface area contributed by atoms with E-state index in [0.717, 1.165) is 6.42 Å². The first-order valence-electron chi connectivity index (χ1n) is 6.25. The van der Waals surface area contributed by atoms with Crippen LogP contribution in [0.2, 0.25) is 5.02 Å². The summed E-state index contributed by atoms with van der Waals surface area (Å²) in [5.41, 5.74) is 0.688. The van der Waals surface area contributed by atoms with Crippen LogP contribution in [-0.4, -0.2) is 17.1 Å². The molecule has 0 aliphatic heterocycles. The van der Waals surface area contributed by atoms with Gasteiger partial charge in [0.2, 0.25) is 5.91 Å². The number of nitrogens with one attached hydrogen (secondary N) is 1. The molecular weight excluding hydrogens is 264 g/mol. The smallest absolute Gasteiger partial charge is 0.227 e. The van der Waals surface area contributed by atoms with Gasteiger partial charge in [-0.3, -0.25) is 4.79 Å². The van der Waals surface area contributed by atoms with Gasteiger partial charge in [0.15, 0.2) is 0 Å². The number of carbonyl (C=O) groups is 1. The summed E-state index contributed by atoms with van der Waals surface area (Å²) < 4.78 is 0. The summed E-state index contributed by atoms with van der Waals surface area (Å²) in [5, 5.41) is 22.1. The van der Waals surface area contributed by atoms with Crippen molar-refractivity contribution in [2.75, 3.05) is 0 Å². The van der Waals surface area contributed by atoms with Gasteiger partial charge in [-0.15, -0.1) is 0 Å². The largest absolute Gasteiger partial charge is 0.392 e. The number of nitrogens with zero attached hydrogens (tertiary/aromatic N) is 1. The first-order chi connectivity index (χ1) is 9.11. The van der Waals surface area contributed by atoms with Crippen LogP contribution >= 0.6 is 11.6 Å². The topological polar surface area (TPSA) is 73.1 Å². The van der Waals surface area contributed by atoms with E-state index in [9.17, 15) is 9.90 Å². The van der Waals surface area contributed by atoms with Crippen LogP contribution in [0, 0.1) is 17.2 Å². The Hall–Kier alpha value is -1.57. The van der Waals surface area contributed by atoms with Gasteiger partial charge in [0.1, 0.15) is 6.04 Å². The third-order valence-corrected chi connectivity index (χ3v) is 3.69. The summed E-state index contributed by atoms with van der Waals surface area (Å²) in [6, 6.07) is 8.12. The number of nitriles is 1. The Morgan fingerprint density at radius 3 is 2.63 bits per heavy atom. The zero-order valence-corrected chi connectivity index (χ0v) is 11.1. The molecular formula is C14H15ClN2O2. The molecule has 100 valence electrons. The fourth-order valence-electron chi connectivity index (χ4n) is 2.34. The van der Waals surface area contributed by atoms with Crippen molar-refractivity contribution in [1.82, 2.24) is 5.32 Å². The van der Waals surface area contributed by atoms with Gasteiger partial charge in [-0.1, -0.05) is 23.7 Å². The first kappa shape index (κ1) is 13.9. The molecule has 0 radical (unpaired) electrons. The van der Waals surface area contributed by atoms with E-state index in [1.54, 1.807) is 24.3 Å². The highest BCUT2D eigenvalue weighted by atomic mass is 35.5. The van der Waals surface area contributed by atoms with Gasteiger partial charge in [-0.05, 0) is 37.0 Å². The van der Waals surface area contributed by atoms with E-state index in [4.69, 9.17) is 16.9 Å². The number of aliphatic hydroxyl groups is 1. The molecule has 1 aromatic carbocycles. The van der Waals surface area contributed by atoms with E-state index in [2.05, 4.69) is 11.4 Å². The minimum atomic E-state index is -0.711. The Labute approximate surface area is 117 Å². The highest BCUT2D eigenvalue weighted by Crippen LogP contribution is 2.26. The predicted molar refractivity (Wildman–Crippen MR) is 71.3 cm³/mol. The lowest BCUT2D eigenvalue weighted by Gasteiger charge is -2.17. The summed E-state index contributed by atoms with van der Waals surface area (Å²) in [4.78, 5) is 12.0. The highest BCUT2D eigenvalue weighted by molar-refractivity contribution is 6.30. The monoisotopic (exact) mass is 278 g/mol. The van der Waals surface area contributed by atoms with Crippen molar-refractivity contribution >= 4 is 17.5 Å². The van der Waals surface area contributed by atoms with Gasteiger partial charge < -0.3 is 10.4 Å². The molecule has 3 atom stereocenters. The second-order valence-electron chi connectivity index (χ2n) is 4.73. The number of amides is 1. The summed E-state index contributed by atoms with van der Waals surface area (Å²) in [5.74, 6) is -0.658. The molecule has 1 amide bonds. The molecule has 0 heterocycles. The van der Waals surface area contributed by atoms with Gasteiger partial charge in [-0.2, -0.15) is 5.26 Å². The van der Waals surface area contributed by atoms with Crippen LogP contribution in [0.3, 0.4) is 0 Å². The summed E-state index contributed by atoms with van der Waals surface area (Å²) >= 11 is 5.78. The molecule has 3 unspecified atom stereocenters. The normalized spacial score (nSPS) is 23.6. The molecule has 0 saturated heterocycles. The molecule has 2 rings (SSSR count). The Morgan fingerprint density at radius 2 is 2.11 bits per heavy atom. The molecule has 1 aliphatic rings.